The molecule has 3 heterocycles. The number of aromatic nitrogens is 3. The monoisotopic (exact) mass is 515 g/mol. The van der Waals surface area contributed by atoms with Crippen molar-refractivity contribution >= 4 is 68.1 Å². The van der Waals surface area contributed by atoms with E-state index in [-0.39, 0.29) is 31.5 Å². The summed E-state index contributed by atoms with van der Waals surface area (Å²) in [7, 11) is -3.89. The summed E-state index contributed by atoms with van der Waals surface area (Å²) >= 11 is 12.8. The molecule has 1 aliphatic heterocycles. The Morgan fingerprint density at radius 1 is 1.22 bits per heavy atom. The van der Waals surface area contributed by atoms with Gasteiger partial charge < -0.3 is 16.0 Å². The molecule has 170 valence electrons. The molecule has 32 heavy (non-hydrogen) atoms. The molecular weight excluding hydrogens is 497 g/mol. The lowest BCUT2D eigenvalue weighted by Gasteiger charge is -2.32. The van der Waals surface area contributed by atoms with E-state index in [0.717, 1.165) is 24.2 Å². The van der Waals surface area contributed by atoms with E-state index in [1.165, 1.54) is 18.2 Å². The van der Waals surface area contributed by atoms with Gasteiger partial charge in [-0.25, -0.2) is 13.5 Å². The third kappa shape index (κ3) is 5.09. The van der Waals surface area contributed by atoms with Crippen LogP contribution >= 0.6 is 34.5 Å². The van der Waals surface area contributed by atoms with Crippen molar-refractivity contribution in [2.75, 3.05) is 28.9 Å². The lowest BCUT2D eigenvalue weighted by Crippen LogP contribution is -2.42. The second-order valence-electron chi connectivity index (χ2n) is 7.13. The highest BCUT2D eigenvalue weighted by atomic mass is 35.5. The molecule has 0 radical (unpaired) electrons. The standard InChI is InChI=1S/C18H19Cl2N7O3S2/c19-14-9-13(15(20)31-14)32(29,30)26-12-3-1-10(2-4-12)16(28)27-7-5-11(6-8-27)22-18-23-17(21)24-25-18/h1-4,9,11,26H,5-8H2,(H4,21,22,23,24,25). The third-order valence-electron chi connectivity index (χ3n) is 4.92. The predicted octanol–water partition coefficient (Wildman–Crippen LogP) is 3.27. The number of aromatic amines is 1. The summed E-state index contributed by atoms with van der Waals surface area (Å²) in [6.07, 6.45) is 1.48. The summed E-state index contributed by atoms with van der Waals surface area (Å²) in [5.41, 5.74) is 6.30. The molecule has 4 rings (SSSR count). The molecule has 0 spiro atoms. The van der Waals surface area contributed by atoms with Crippen molar-refractivity contribution in [1.29, 1.82) is 0 Å². The minimum atomic E-state index is -3.89. The molecule has 1 amide bonds. The number of nitrogens with two attached hydrogens (primary N) is 1. The maximum atomic E-state index is 12.8. The fourth-order valence-electron chi connectivity index (χ4n) is 3.33. The summed E-state index contributed by atoms with van der Waals surface area (Å²) in [5, 5.41) is 9.72. The van der Waals surface area contributed by atoms with Crippen LogP contribution in [0.4, 0.5) is 17.6 Å². The summed E-state index contributed by atoms with van der Waals surface area (Å²) in [5.74, 6) is 0.567. The minimum Gasteiger partial charge on any atom is -0.368 e. The number of piperidine rings is 1. The third-order valence-corrected chi connectivity index (χ3v) is 8.05. The number of hydrogen-bond donors (Lipinski definition) is 4. The van der Waals surface area contributed by atoms with Crippen LogP contribution in [0.1, 0.15) is 23.2 Å². The lowest BCUT2D eigenvalue weighted by atomic mass is 10.0. The number of nitrogens with zero attached hydrogens (tertiary/aromatic N) is 3. The first-order valence-electron chi connectivity index (χ1n) is 9.52. The number of anilines is 3. The Bertz CT molecular complexity index is 1220. The molecule has 1 aliphatic rings. The number of nitrogens with one attached hydrogen (secondary N) is 3. The molecule has 10 nitrogen and oxygen atoms in total. The number of carbonyl (C=O) groups excluding carboxylic acids is 1. The number of likely N-dealkylation sites (tertiary alicyclic amines) is 1. The highest BCUT2D eigenvalue weighted by Gasteiger charge is 2.25. The number of halogens is 2. The molecule has 5 N–H and O–H groups in total. The molecule has 0 bridgehead atoms. The van der Waals surface area contributed by atoms with Gasteiger partial charge in [0.15, 0.2) is 0 Å². The van der Waals surface area contributed by atoms with Gasteiger partial charge in [-0.05, 0) is 43.2 Å². The summed E-state index contributed by atoms with van der Waals surface area (Å²) in [6, 6.07) is 7.68. The quantitative estimate of drug-likeness (QED) is 0.393. The van der Waals surface area contributed by atoms with Gasteiger partial charge in [-0.1, -0.05) is 23.2 Å². The highest BCUT2D eigenvalue weighted by Crippen LogP contribution is 2.35. The second kappa shape index (κ2) is 9.14. The van der Waals surface area contributed by atoms with Crippen molar-refractivity contribution in [2.45, 2.75) is 23.8 Å². The zero-order valence-corrected chi connectivity index (χ0v) is 19.7. The second-order valence-corrected chi connectivity index (χ2v) is 11.1. The summed E-state index contributed by atoms with van der Waals surface area (Å²) in [6.45, 7) is 1.14. The number of sulfonamides is 1. The van der Waals surface area contributed by atoms with Gasteiger partial charge in [0.1, 0.15) is 9.23 Å². The summed E-state index contributed by atoms with van der Waals surface area (Å²) < 4.78 is 27.8. The first-order valence-corrected chi connectivity index (χ1v) is 12.6. The number of amides is 1. The van der Waals surface area contributed by atoms with Gasteiger partial charge >= 0.3 is 0 Å². The topological polar surface area (TPSA) is 146 Å². The molecule has 3 aromatic rings. The SMILES string of the molecule is Nc1nc(NC2CCN(C(=O)c3ccc(NS(=O)(=O)c4cc(Cl)sc4Cl)cc3)CC2)n[nH]1. The van der Waals surface area contributed by atoms with Gasteiger partial charge in [-0.2, -0.15) is 4.98 Å². The number of benzene rings is 1. The predicted molar refractivity (Wildman–Crippen MR) is 125 cm³/mol. The van der Waals surface area contributed by atoms with E-state index in [2.05, 4.69) is 25.2 Å². The van der Waals surface area contributed by atoms with Crippen LogP contribution in [0.15, 0.2) is 35.2 Å². The van der Waals surface area contributed by atoms with Crippen LogP contribution in [0.2, 0.25) is 8.67 Å². The fraction of sp³-hybridized carbons (Fsp3) is 0.278. The Hall–Kier alpha value is -2.54. The van der Waals surface area contributed by atoms with Crippen molar-refractivity contribution in [2.24, 2.45) is 0 Å². The van der Waals surface area contributed by atoms with Gasteiger partial charge in [0.25, 0.3) is 15.9 Å². The molecular formula is C18H19Cl2N7O3S2. The van der Waals surface area contributed by atoms with Crippen molar-refractivity contribution in [1.82, 2.24) is 20.1 Å². The zero-order valence-electron chi connectivity index (χ0n) is 16.5. The van der Waals surface area contributed by atoms with Crippen LogP contribution < -0.4 is 15.8 Å². The zero-order chi connectivity index (χ0) is 22.9. The molecule has 1 aromatic carbocycles. The highest BCUT2D eigenvalue weighted by molar-refractivity contribution is 7.93. The molecule has 0 atom stereocenters. The lowest BCUT2D eigenvalue weighted by molar-refractivity contribution is 0.0718. The largest absolute Gasteiger partial charge is 0.368 e. The van der Waals surface area contributed by atoms with E-state index in [9.17, 15) is 13.2 Å². The first kappa shape index (κ1) is 22.6. The van der Waals surface area contributed by atoms with Gasteiger partial charge in [0, 0.05) is 30.4 Å². The summed E-state index contributed by atoms with van der Waals surface area (Å²) in [4.78, 5) is 18.5. The molecule has 0 aliphatic carbocycles. The van der Waals surface area contributed by atoms with E-state index < -0.39 is 10.0 Å². The Balaban J connectivity index is 1.35. The van der Waals surface area contributed by atoms with Crippen LogP contribution in [-0.4, -0.2) is 53.5 Å². The van der Waals surface area contributed by atoms with Crippen molar-refractivity contribution in [3.05, 3.63) is 44.6 Å². The number of hydrogen-bond acceptors (Lipinski definition) is 8. The Labute approximate surface area is 198 Å². The Morgan fingerprint density at radius 3 is 2.47 bits per heavy atom. The average Bonchev–Trinajstić information content (AvgIpc) is 3.32. The molecule has 2 aromatic heterocycles. The maximum absolute atomic E-state index is 12.8. The normalized spacial score (nSPS) is 15.0. The number of carbonyl (C=O) groups is 1. The number of nitrogen functional groups attached to an aromatic ring is 1. The molecule has 0 unspecified atom stereocenters. The van der Waals surface area contributed by atoms with Crippen molar-refractivity contribution in [3.8, 4) is 0 Å². The smallest absolute Gasteiger partial charge is 0.264 e. The minimum absolute atomic E-state index is 0.0822. The average molecular weight is 516 g/mol. The van der Waals surface area contributed by atoms with Gasteiger partial charge in [0.05, 0.1) is 4.34 Å². The van der Waals surface area contributed by atoms with E-state index in [0.29, 0.717) is 30.3 Å². The molecule has 0 saturated carbocycles. The number of rotatable bonds is 6. The van der Waals surface area contributed by atoms with Gasteiger partial charge in [-0.3, -0.25) is 9.52 Å². The van der Waals surface area contributed by atoms with Gasteiger partial charge in [0.2, 0.25) is 11.9 Å². The number of thiophene rings is 1. The van der Waals surface area contributed by atoms with Gasteiger partial charge in [-0.15, -0.1) is 16.4 Å². The van der Waals surface area contributed by atoms with Crippen LogP contribution in [-0.2, 0) is 10.0 Å². The van der Waals surface area contributed by atoms with E-state index in [4.69, 9.17) is 28.9 Å². The van der Waals surface area contributed by atoms with E-state index >= 15 is 0 Å². The van der Waals surface area contributed by atoms with E-state index in [1.54, 1.807) is 17.0 Å². The molecule has 1 saturated heterocycles. The van der Waals surface area contributed by atoms with E-state index in [1.807, 2.05) is 0 Å². The van der Waals surface area contributed by atoms with Crippen LogP contribution in [0.3, 0.4) is 0 Å². The number of H-pyrrole nitrogens is 1. The Morgan fingerprint density at radius 2 is 1.91 bits per heavy atom. The van der Waals surface area contributed by atoms with Crippen LogP contribution in [0.25, 0.3) is 0 Å². The van der Waals surface area contributed by atoms with Crippen molar-refractivity contribution in [3.63, 3.8) is 0 Å². The van der Waals surface area contributed by atoms with Crippen LogP contribution in [0.5, 0.6) is 0 Å². The maximum Gasteiger partial charge on any atom is 0.264 e. The van der Waals surface area contributed by atoms with Crippen molar-refractivity contribution < 1.29 is 13.2 Å². The Kier molecular flexibility index (Phi) is 6.47. The molecule has 1 fully saturated rings. The molecule has 14 heteroatoms. The fourth-order valence-corrected chi connectivity index (χ4v) is 6.54. The van der Waals surface area contributed by atoms with Crippen LogP contribution in [0, 0.1) is 0 Å². The first-order chi connectivity index (χ1) is 15.2.